The normalized spacial score (nSPS) is 19.4. The second-order valence-electron chi connectivity index (χ2n) is 8.27. The van der Waals surface area contributed by atoms with Gasteiger partial charge in [0.05, 0.1) is 6.54 Å². The molecule has 0 radical (unpaired) electrons. The topological polar surface area (TPSA) is 80.5 Å². The average Bonchev–Trinajstić information content (AvgIpc) is 2.84. The summed E-state index contributed by atoms with van der Waals surface area (Å²) in [4.78, 5) is 40.9. The van der Waals surface area contributed by atoms with E-state index in [1.54, 1.807) is 24.3 Å². The largest absolute Gasteiger partial charge is 0.369 e. The number of primary amides is 1. The predicted octanol–water partition coefficient (Wildman–Crippen LogP) is 3.57. The lowest BCUT2D eigenvalue weighted by Crippen LogP contribution is -2.52. The number of hydrogen-bond acceptors (Lipinski definition) is 4. The molecule has 2 N–H and O–H groups in total. The Hall–Kier alpha value is -3.57. The molecule has 0 bridgehead atoms. The first-order chi connectivity index (χ1) is 15.5. The monoisotopic (exact) mass is 426 g/mol. The van der Waals surface area contributed by atoms with Crippen molar-refractivity contribution in [3.05, 3.63) is 108 Å². The van der Waals surface area contributed by atoms with E-state index < -0.39 is 17.7 Å². The number of likely N-dealkylation sites (tertiary alicyclic amines) is 1. The van der Waals surface area contributed by atoms with E-state index in [9.17, 15) is 14.4 Å². The van der Waals surface area contributed by atoms with E-state index in [0.29, 0.717) is 24.2 Å². The van der Waals surface area contributed by atoms with Crippen LogP contribution in [0.1, 0.15) is 32.2 Å². The average molecular weight is 427 g/mol. The molecule has 1 amide bonds. The van der Waals surface area contributed by atoms with Crippen LogP contribution in [0.4, 0.5) is 0 Å². The highest BCUT2D eigenvalue weighted by molar-refractivity contribution is 6.02. The van der Waals surface area contributed by atoms with Gasteiger partial charge < -0.3 is 5.73 Å². The quantitative estimate of drug-likeness (QED) is 0.586. The molecule has 2 atom stereocenters. The lowest BCUT2D eigenvalue weighted by Gasteiger charge is -2.42. The number of nitrogens with zero attached hydrogens (tertiary/aromatic N) is 1. The molecule has 5 heteroatoms. The van der Waals surface area contributed by atoms with Crippen molar-refractivity contribution < 1.29 is 14.4 Å². The van der Waals surface area contributed by atoms with Gasteiger partial charge in [-0.1, -0.05) is 91.0 Å². The van der Waals surface area contributed by atoms with Gasteiger partial charge in [-0.25, -0.2) is 0 Å². The fourth-order valence-electron chi connectivity index (χ4n) is 4.75. The van der Waals surface area contributed by atoms with Gasteiger partial charge in [0, 0.05) is 42.0 Å². The van der Waals surface area contributed by atoms with Gasteiger partial charge in [-0.05, 0) is 5.56 Å². The van der Waals surface area contributed by atoms with Gasteiger partial charge >= 0.3 is 0 Å². The van der Waals surface area contributed by atoms with Crippen molar-refractivity contribution in [1.82, 2.24) is 4.90 Å². The number of hydrogen-bond donors (Lipinski definition) is 1. The Morgan fingerprint density at radius 3 is 1.50 bits per heavy atom. The molecule has 1 aliphatic heterocycles. The molecule has 5 nitrogen and oxygen atoms in total. The molecule has 0 unspecified atom stereocenters. The first kappa shape index (κ1) is 21.7. The van der Waals surface area contributed by atoms with E-state index in [2.05, 4.69) is 0 Å². The van der Waals surface area contributed by atoms with Gasteiger partial charge in [0.1, 0.15) is 0 Å². The number of nitrogens with two attached hydrogens (primary N) is 1. The molecule has 0 aliphatic carbocycles. The van der Waals surface area contributed by atoms with Gasteiger partial charge in [0.25, 0.3) is 0 Å². The minimum atomic E-state index is -0.481. The molecule has 32 heavy (non-hydrogen) atoms. The molecule has 1 saturated heterocycles. The van der Waals surface area contributed by atoms with Crippen LogP contribution >= 0.6 is 0 Å². The Morgan fingerprint density at radius 2 is 1.09 bits per heavy atom. The summed E-state index contributed by atoms with van der Waals surface area (Å²) in [6.45, 7) is 0.752. The minimum Gasteiger partial charge on any atom is -0.369 e. The zero-order chi connectivity index (χ0) is 22.5. The third-order valence-electron chi connectivity index (χ3n) is 6.13. The summed E-state index contributed by atoms with van der Waals surface area (Å²) in [6, 6.07) is 28.0. The van der Waals surface area contributed by atoms with Crippen LogP contribution in [0, 0.1) is 11.8 Å². The number of benzene rings is 3. The van der Waals surface area contributed by atoms with Gasteiger partial charge in [-0.15, -0.1) is 0 Å². The molecule has 4 rings (SSSR count). The maximum atomic E-state index is 13.7. The van der Waals surface area contributed by atoms with Crippen LogP contribution in [0.5, 0.6) is 0 Å². The van der Waals surface area contributed by atoms with Crippen molar-refractivity contribution in [3.8, 4) is 0 Å². The van der Waals surface area contributed by atoms with Crippen LogP contribution < -0.4 is 5.73 Å². The van der Waals surface area contributed by atoms with Crippen LogP contribution in [-0.4, -0.2) is 42.0 Å². The summed E-state index contributed by atoms with van der Waals surface area (Å²) in [5.74, 6) is -1.80. The van der Waals surface area contributed by atoms with Crippen LogP contribution in [-0.2, 0) is 4.79 Å². The fraction of sp³-hybridized carbons (Fsp3) is 0.222. The Morgan fingerprint density at radius 1 is 0.688 bits per heavy atom. The van der Waals surface area contributed by atoms with E-state index in [0.717, 1.165) is 5.56 Å². The first-order valence-corrected chi connectivity index (χ1v) is 10.8. The number of amides is 1. The highest BCUT2D eigenvalue weighted by Crippen LogP contribution is 2.40. The van der Waals surface area contributed by atoms with Crippen LogP contribution in [0.3, 0.4) is 0 Å². The molecule has 0 saturated carbocycles. The number of ketones is 2. The summed E-state index contributed by atoms with van der Waals surface area (Å²) < 4.78 is 0. The SMILES string of the molecule is NC(=O)CN1C[C@H](C(=O)c2ccccc2)C(c2ccccc2)[C@@H](C(=O)c2ccccc2)C1. The number of carbonyl (C=O) groups is 3. The Kier molecular flexibility index (Phi) is 6.57. The van der Waals surface area contributed by atoms with Crippen molar-refractivity contribution in [2.24, 2.45) is 17.6 Å². The lowest BCUT2D eigenvalue weighted by molar-refractivity contribution is -0.119. The molecule has 1 fully saturated rings. The molecule has 1 heterocycles. The molecule has 0 spiro atoms. The lowest BCUT2D eigenvalue weighted by atomic mass is 9.68. The van der Waals surface area contributed by atoms with E-state index in [4.69, 9.17) is 5.73 Å². The zero-order valence-electron chi connectivity index (χ0n) is 17.8. The van der Waals surface area contributed by atoms with Crippen LogP contribution in [0.15, 0.2) is 91.0 Å². The highest BCUT2D eigenvalue weighted by atomic mass is 16.1. The number of piperidine rings is 1. The van der Waals surface area contributed by atoms with Gasteiger partial charge in [0.15, 0.2) is 11.6 Å². The van der Waals surface area contributed by atoms with E-state index in [1.165, 1.54) is 0 Å². The predicted molar refractivity (Wildman–Crippen MR) is 123 cm³/mol. The van der Waals surface area contributed by atoms with Crippen LogP contribution in [0.2, 0.25) is 0 Å². The van der Waals surface area contributed by atoms with Crippen molar-refractivity contribution in [2.45, 2.75) is 5.92 Å². The van der Waals surface area contributed by atoms with Crippen molar-refractivity contribution in [2.75, 3.05) is 19.6 Å². The van der Waals surface area contributed by atoms with E-state index >= 15 is 0 Å². The summed E-state index contributed by atoms with van der Waals surface area (Å²) in [6.07, 6.45) is 0. The maximum absolute atomic E-state index is 13.7. The highest BCUT2D eigenvalue weighted by Gasteiger charge is 2.44. The third kappa shape index (κ3) is 4.68. The maximum Gasteiger partial charge on any atom is 0.231 e. The van der Waals surface area contributed by atoms with Gasteiger partial charge in [-0.3, -0.25) is 19.3 Å². The van der Waals surface area contributed by atoms with Crippen LogP contribution in [0.25, 0.3) is 0 Å². The molecular formula is C27H26N2O3. The smallest absolute Gasteiger partial charge is 0.231 e. The third-order valence-corrected chi connectivity index (χ3v) is 6.13. The molecule has 3 aromatic carbocycles. The summed E-state index contributed by atoms with van der Waals surface area (Å²) >= 11 is 0. The Bertz CT molecular complexity index is 1020. The molecule has 3 aromatic rings. The molecule has 0 aromatic heterocycles. The number of carbonyl (C=O) groups excluding carboxylic acids is 3. The first-order valence-electron chi connectivity index (χ1n) is 10.8. The van der Waals surface area contributed by atoms with Gasteiger partial charge in [0.2, 0.25) is 5.91 Å². The Balaban J connectivity index is 1.80. The molecule has 162 valence electrons. The summed E-state index contributed by atoms with van der Waals surface area (Å²) in [5, 5.41) is 0. The van der Waals surface area contributed by atoms with E-state index in [1.807, 2.05) is 71.6 Å². The summed E-state index contributed by atoms with van der Waals surface area (Å²) in [7, 11) is 0. The molecular weight excluding hydrogens is 400 g/mol. The van der Waals surface area contributed by atoms with Gasteiger partial charge in [-0.2, -0.15) is 0 Å². The van der Waals surface area contributed by atoms with Crippen molar-refractivity contribution in [3.63, 3.8) is 0 Å². The van der Waals surface area contributed by atoms with E-state index in [-0.39, 0.29) is 24.0 Å². The Labute approximate surface area is 187 Å². The molecule has 1 aliphatic rings. The second kappa shape index (κ2) is 9.71. The zero-order valence-corrected chi connectivity index (χ0v) is 17.8. The summed E-state index contributed by atoms with van der Waals surface area (Å²) in [5.41, 5.74) is 7.64. The number of rotatable bonds is 7. The fourth-order valence-corrected chi connectivity index (χ4v) is 4.75. The van der Waals surface area contributed by atoms with Crippen molar-refractivity contribution >= 4 is 17.5 Å². The number of Topliss-reactive ketones (excluding diaryl/α,β-unsaturated/α-hetero) is 2. The van der Waals surface area contributed by atoms with Crippen molar-refractivity contribution in [1.29, 1.82) is 0 Å². The second-order valence-corrected chi connectivity index (χ2v) is 8.27. The standard InChI is InChI=1S/C27H26N2O3/c28-24(30)18-29-16-22(26(31)20-12-6-2-7-13-20)25(19-10-4-1-5-11-19)23(17-29)27(32)21-14-8-3-9-15-21/h1-15,22-23,25H,16-18H2,(H2,28,30)/t22-,23-/m0/s1. The minimum absolute atomic E-state index is 0.0125.